The lowest BCUT2D eigenvalue weighted by atomic mass is 10.0. The van der Waals surface area contributed by atoms with Gasteiger partial charge in [-0.05, 0) is 42.9 Å². The molecular formula is C28H32N4O6S. The van der Waals surface area contributed by atoms with E-state index in [2.05, 4.69) is 10.6 Å². The number of para-hydroxylation sites is 2. The zero-order chi connectivity index (χ0) is 28.3. The quantitative estimate of drug-likeness (QED) is 0.437. The molecule has 206 valence electrons. The monoisotopic (exact) mass is 552 g/mol. The standard InChI is InChI=1S/C28H32N4O6S/c1-18(29-2)27(34)30-22-16-31(26(33)17-39(4,36)37)23-11-7-8-12-24(23)32(28(22)35)15-21-20-10-6-5-9-19(20)13-14-25(21)38-3/h5-14,18,22,29H,15-17H2,1-4H3,(H,30,34)/t18?,22-/m0/s1. The second kappa shape index (κ2) is 11.4. The van der Waals surface area contributed by atoms with Crippen LogP contribution in [0.15, 0.2) is 60.7 Å². The topological polar surface area (TPSA) is 125 Å². The summed E-state index contributed by atoms with van der Waals surface area (Å²) in [5.74, 6) is -1.72. The summed E-state index contributed by atoms with van der Waals surface area (Å²) in [4.78, 5) is 43.0. The maximum absolute atomic E-state index is 14.1. The SMILES string of the molecule is CNC(C)C(=O)N[C@H]1CN(C(=O)CS(C)(=O)=O)c2ccccc2N(Cc2c(OC)ccc3ccccc23)C1=O. The predicted octanol–water partition coefficient (Wildman–Crippen LogP) is 1.87. The fourth-order valence-electron chi connectivity index (χ4n) is 4.65. The van der Waals surface area contributed by atoms with E-state index in [1.165, 1.54) is 9.80 Å². The minimum absolute atomic E-state index is 0.0857. The summed E-state index contributed by atoms with van der Waals surface area (Å²) in [5.41, 5.74) is 1.54. The smallest absolute Gasteiger partial charge is 0.251 e. The van der Waals surface area contributed by atoms with Crippen molar-refractivity contribution in [2.24, 2.45) is 0 Å². The van der Waals surface area contributed by atoms with Gasteiger partial charge >= 0.3 is 0 Å². The summed E-state index contributed by atoms with van der Waals surface area (Å²) in [6.07, 6.45) is 0.979. The number of sulfone groups is 1. The van der Waals surface area contributed by atoms with Crippen molar-refractivity contribution in [3.8, 4) is 5.75 Å². The van der Waals surface area contributed by atoms with Crippen molar-refractivity contribution in [1.29, 1.82) is 0 Å². The van der Waals surface area contributed by atoms with Crippen LogP contribution in [0.5, 0.6) is 5.75 Å². The van der Waals surface area contributed by atoms with E-state index < -0.39 is 45.4 Å². The predicted molar refractivity (Wildman–Crippen MR) is 151 cm³/mol. The third-order valence-electron chi connectivity index (χ3n) is 6.76. The molecule has 0 saturated carbocycles. The van der Waals surface area contributed by atoms with Gasteiger partial charge in [0.2, 0.25) is 11.8 Å². The van der Waals surface area contributed by atoms with Crippen LogP contribution in [-0.2, 0) is 30.8 Å². The van der Waals surface area contributed by atoms with Crippen molar-refractivity contribution < 1.29 is 27.5 Å². The van der Waals surface area contributed by atoms with E-state index in [9.17, 15) is 22.8 Å². The lowest BCUT2D eigenvalue weighted by molar-refractivity contribution is -0.128. The lowest BCUT2D eigenvalue weighted by Crippen LogP contribution is -2.56. The Bertz CT molecular complexity index is 1520. The molecule has 39 heavy (non-hydrogen) atoms. The van der Waals surface area contributed by atoms with Gasteiger partial charge in [-0.25, -0.2) is 8.42 Å². The van der Waals surface area contributed by atoms with Crippen LogP contribution in [0, 0.1) is 0 Å². The minimum atomic E-state index is -3.66. The number of rotatable bonds is 8. The first kappa shape index (κ1) is 28.1. The Kier molecular flexibility index (Phi) is 8.22. The second-order valence-corrected chi connectivity index (χ2v) is 11.7. The van der Waals surface area contributed by atoms with E-state index in [1.54, 1.807) is 45.3 Å². The summed E-state index contributed by atoms with van der Waals surface area (Å²) in [7, 11) is -0.481. The van der Waals surface area contributed by atoms with Gasteiger partial charge in [0.15, 0.2) is 9.84 Å². The fourth-order valence-corrected chi connectivity index (χ4v) is 5.26. The summed E-state index contributed by atoms with van der Waals surface area (Å²) in [6, 6.07) is 16.6. The third kappa shape index (κ3) is 6.04. The molecule has 0 radical (unpaired) electrons. The number of nitrogens with one attached hydrogen (secondary N) is 2. The van der Waals surface area contributed by atoms with E-state index in [0.717, 1.165) is 22.6 Å². The molecule has 1 aliphatic rings. The Hall–Kier alpha value is -3.96. The number of carbonyl (C=O) groups excluding carboxylic acids is 3. The molecule has 4 rings (SSSR count). The molecule has 0 fully saturated rings. The maximum atomic E-state index is 14.1. The number of hydrogen-bond acceptors (Lipinski definition) is 7. The van der Waals surface area contributed by atoms with Crippen molar-refractivity contribution in [2.75, 3.05) is 42.5 Å². The van der Waals surface area contributed by atoms with Crippen LogP contribution in [0.4, 0.5) is 11.4 Å². The molecule has 2 N–H and O–H groups in total. The summed E-state index contributed by atoms with van der Waals surface area (Å²) in [5, 5.41) is 7.45. The van der Waals surface area contributed by atoms with Crippen LogP contribution in [0.2, 0.25) is 0 Å². The Morgan fingerprint density at radius 3 is 2.38 bits per heavy atom. The Labute approximate surface area is 227 Å². The molecule has 2 atom stereocenters. The first-order chi connectivity index (χ1) is 18.5. The number of hydrogen-bond donors (Lipinski definition) is 2. The molecule has 11 heteroatoms. The minimum Gasteiger partial charge on any atom is -0.496 e. The van der Waals surface area contributed by atoms with Gasteiger partial charge in [0, 0.05) is 11.8 Å². The molecule has 0 saturated heterocycles. The highest BCUT2D eigenvalue weighted by Gasteiger charge is 2.38. The van der Waals surface area contributed by atoms with E-state index >= 15 is 0 Å². The summed E-state index contributed by atoms with van der Waals surface area (Å²) < 4.78 is 29.7. The molecule has 1 heterocycles. The normalized spacial score (nSPS) is 16.4. The van der Waals surface area contributed by atoms with Gasteiger partial charge in [-0.2, -0.15) is 0 Å². The molecule has 3 aromatic carbocycles. The molecule has 3 aromatic rings. The molecular weight excluding hydrogens is 520 g/mol. The van der Waals surface area contributed by atoms with E-state index in [4.69, 9.17) is 4.74 Å². The second-order valence-electron chi connectivity index (χ2n) is 9.53. The van der Waals surface area contributed by atoms with Crippen molar-refractivity contribution in [3.05, 3.63) is 66.2 Å². The van der Waals surface area contributed by atoms with Crippen LogP contribution in [0.3, 0.4) is 0 Å². The average molecular weight is 553 g/mol. The Morgan fingerprint density at radius 2 is 1.72 bits per heavy atom. The number of amides is 3. The molecule has 0 spiro atoms. The lowest BCUT2D eigenvalue weighted by Gasteiger charge is -2.27. The van der Waals surface area contributed by atoms with Gasteiger partial charge in [-0.1, -0.05) is 42.5 Å². The number of ether oxygens (including phenoxy) is 1. The van der Waals surface area contributed by atoms with E-state index in [-0.39, 0.29) is 13.1 Å². The van der Waals surface area contributed by atoms with Gasteiger partial charge in [0.1, 0.15) is 17.5 Å². The number of likely N-dealkylation sites (N-methyl/N-ethyl adjacent to an activating group) is 1. The van der Waals surface area contributed by atoms with Crippen LogP contribution >= 0.6 is 0 Å². The third-order valence-corrected chi connectivity index (χ3v) is 7.53. The highest BCUT2D eigenvalue weighted by atomic mass is 32.2. The highest BCUT2D eigenvalue weighted by molar-refractivity contribution is 7.91. The average Bonchev–Trinajstić information content (AvgIpc) is 3.02. The first-order valence-corrected chi connectivity index (χ1v) is 14.5. The van der Waals surface area contributed by atoms with Crippen molar-refractivity contribution in [3.63, 3.8) is 0 Å². The highest BCUT2D eigenvalue weighted by Crippen LogP contribution is 2.37. The summed E-state index contributed by atoms with van der Waals surface area (Å²) >= 11 is 0. The van der Waals surface area contributed by atoms with E-state index in [0.29, 0.717) is 17.1 Å². The largest absolute Gasteiger partial charge is 0.496 e. The molecule has 3 amide bonds. The van der Waals surface area contributed by atoms with Gasteiger partial charge in [0.05, 0.1) is 37.6 Å². The zero-order valence-electron chi connectivity index (χ0n) is 22.3. The van der Waals surface area contributed by atoms with Gasteiger partial charge in [-0.15, -0.1) is 0 Å². The molecule has 0 bridgehead atoms. The zero-order valence-corrected chi connectivity index (χ0v) is 23.1. The molecule has 1 unspecified atom stereocenters. The van der Waals surface area contributed by atoms with Gasteiger partial charge < -0.3 is 25.2 Å². The number of anilines is 2. The maximum Gasteiger partial charge on any atom is 0.251 e. The number of nitrogens with zero attached hydrogens (tertiary/aromatic N) is 2. The van der Waals surface area contributed by atoms with Crippen molar-refractivity contribution in [1.82, 2.24) is 10.6 Å². The van der Waals surface area contributed by atoms with Crippen LogP contribution in [0.1, 0.15) is 12.5 Å². The van der Waals surface area contributed by atoms with Crippen LogP contribution < -0.4 is 25.2 Å². The van der Waals surface area contributed by atoms with Crippen molar-refractivity contribution in [2.45, 2.75) is 25.6 Å². The summed E-state index contributed by atoms with van der Waals surface area (Å²) in [6.45, 7) is 1.51. The number of methoxy groups -OCH3 is 1. The molecule has 10 nitrogen and oxygen atoms in total. The van der Waals surface area contributed by atoms with Gasteiger partial charge in [-0.3, -0.25) is 14.4 Å². The molecule has 1 aliphatic heterocycles. The first-order valence-electron chi connectivity index (χ1n) is 12.4. The fraction of sp³-hybridized carbons (Fsp3) is 0.321. The molecule has 0 aromatic heterocycles. The van der Waals surface area contributed by atoms with E-state index in [1.807, 2.05) is 36.4 Å². The number of benzene rings is 3. The molecule has 0 aliphatic carbocycles. The van der Waals surface area contributed by atoms with Crippen molar-refractivity contribution >= 4 is 49.7 Å². The van der Waals surface area contributed by atoms with Crippen LogP contribution in [-0.4, -0.2) is 70.9 Å². The Balaban J connectivity index is 1.87. The van der Waals surface area contributed by atoms with Gasteiger partial charge in [0.25, 0.3) is 5.91 Å². The van der Waals surface area contributed by atoms with Crippen LogP contribution in [0.25, 0.3) is 10.8 Å². The number of fused-ring (bicyclic) bond motifs is 2. The Morgan fingerprint density at radius 1 is 1.05 bits per heavy atom. The number of carbonyl (C=O) groups is 3.